The van der Waals surface area contributed by atoms with E-state index < -0.39 is 5.54 Å². The molecule has 0 aliphatic rings. The largest absolute Gasteiger partial charge is 0.496 e. The van der Waals surface area contributed by atoms with Gasteiger partial charge < -0.3 is 15.2 Å². The molecule has 0 fully saturated rings. The summed E-state index contributed by atoms with van der Waals surface area (Å²) in [5.74, 6) is 0.233. The molecule has 0 amide bonds. The standard InChI is InChI=1S/C11H16FNO2/c1-11(13,7-14-2)9-6-8(12)4-5-10(9)15-3/h4-6H,7,13H2,1-3H3. The zero-order valence-corrected chi connectivity index (χ0v) is 9.21. The fourth-order valence-electron chi connectivity index (χ4n) is 1.50. The number of hydrogen-bond donors (Lipinski definition) is 1. The highest BCUT2D eigenvalue weighted by atomic mass is 19.1. The van der Waals surface area contributed by atoms with E-state index in [4.69, 9.17) is 15.2 Å². The van der Waals surface area contributed by atoms with Gasteiger partial charge in [0.25, 0.3) is 0 Å². The number of methoxy groups -OCH3 is 2. The Kier molecular flexibility index (Phi) is 3.66. The minimum absolute atomic E-state index is 0.298. The Morgan fingerprint density at radius 3 is 2.60 bits per heavy atom. The summed E-state index contributed by atoms with van der Waals surface area (Å²) in [5, 5.41) is 0. The van der Waals surface area contributed by atoms with Crippen molar-refractivity contribution in [1.82, 2.24) is 0 Å². The molecule has 4 heteroatoms. The van der Waals surface area contributed by atoms with E-state index in [1.165, 1.54) is 19.2 Å². The first-order chi connectivity index (χ1) is 7.01. The van der Waals surface area contributed by atoms with Crippen LogP contribution in [0.3, 0.4) is 0 Å². The molecule has 15 heavy (non-hydrogen) atoms. The van der Waals surface area contributed by atoms with E-state index in [1.54, 1.807) is 20.1 Å². The number of rotatable bonds is 4. The highest BCUT2D eigenvalue weighted by Gasteiger charge is 2.25. The summed E-state index contributed by atoms with van der Waals surface area (Å²) in [6.45, 7) is 2.07. The first-order valence-electron chi connectivity index (χ1n) is 4.63. The van der Waals surface area contributed by atoms with Gasteiger partial charge in [0.15, 0.2) is 0 Å². The van der Waals surface area contributed by atoms with E-state index >= 15 is 0 Å². The maximum Gasteiger partial charge on any atom is 0.124 e. The van der Waals surface area contributed by atoms with Crippen molar-refractivity contribution in [2.45, 2.75) is 12.5 Å². The van der Waals surface area contributed by atoms with Gasteiger partial charge >= 0.3 is 0 Å². The van der Waals surface area contributed by atoms with Crippen LogP contribution in [-0.4, -0.2) is 20.8 Å². The maximum absolute atomic E-state index is 13.1. The van der Waals surface area contributed by atoms with Crippen LogP contribution in [-0.2, 0) is 10.3 Å². The van der Waals surface area contributed by atoms with E-state index in [-0.39, 0.29) is 5.82 Å². The zero-order valence-electron chi connectivity index (χ0n) is 9.21. The normalized spacial score (nSPS) is 14.7. The van der Waals surface area contributed by atoms with E-state index in [9.17, 15) is 4.39 Å². The molecule has 84 valence electrons. The van der Waals surface area contributed by atoms with Gasteiger partial charge in [0.2, 0.25) is 0 Å². The average molecular weight is 213 g/mol. The Bertz CT molecular complexity index is 339. The molecule has 0 aliphatic heterocycles. The first-order valence-corrected chi connectivity index (χ1v) is 4.63. The van der Waals surface area contributed by atoms with Gasteiger partial charge in [-0.15, -0.1) is 0 Å². The van der Waals surface area contributed by atoms with Gasteiger partial charge in [0.1, 0.15) is 11.6 Å². The highest BCUT2D eigenvalue weighted by Crippen LogP contribution is 2.28. The van der Waals surface area contributed by atoms with Crippen LogP contribution in [0, 0.1) is 5.82 Å². The van der Waals surface area contributed by atoms with Gasteiger partial charge in [0.05, 0.1) is 19.3 Å². The summed E-state index contributed by atoms with van der Waals surface area (Å²) in [4.78, 5) is 0. The van der Waals surface area contributed by atoms with E-state index in [2.05, 4.69) is 0 Å². The van der Waals surface area contributed by atoms with Crippen molar-refractivity contribution < 1.29 is 13.9 Å². The SMILES string of the molecule is COCC(C)(N)c1cc(F)ccc1OC. The number of nitrogens with two attached hydrogens (primary N) is 1. The Labute approximate surface area is 89.0 Å². The molecule has 1 unspecified atom stereocenters. The second-order valence-electron chi connectivity index (χ2n) is 3.70. The van der Waals surface area contributed by atoms with Crippen LogP contribution < -0.4 is 10.5 Å². The molecular formula is C11H16FNO2. The van der Waals surface area contributed by atoms with Gasteiger partial charge in [-0.2, -0.15) is 0 Å². The van der Waals surface area contributed by atoms with Crippen molar-refractivity contribution >= 4 is 0 Å². The van der Waals surface area contributed by atoms with Crippen LogP contribution in [0.15, 0.2) is 18.2 Å². The molecule has 0 radical (unpaired) electrons. The Morgan fingerprint density at radius 2 is 2.07 bits per heavy atom. The lowest BCUT2D eigenvalue weighted by molar-refractivity contribution is 0.139. The van der Waals surface area contributed by atoms with Crippen molar-refractivity contribution in [2.75, 3.05) is 20.8 Å². The summed E-state index contributed by atoms with van der Waals surface area (Å²) in [6.07, 6.45) is 0. The summed E-state index contributed by atoms with van der Waals surface area (Å²) in [6, 6.07) is 4.27. The quantitative estimate of drug-likeness (QED) is 0.827. The van der Waals surface area contributed by atoms with Gasteiger partial charge in [-0.1, -0.05) is 0 Å². The van der Waals surface area contributed by atoms with Gasteiger partial charge in [-0.3, -0.25) is 0 Å². The molecule has 0 aromatic heterocycles. The molecule has 0 bridgehead atoms. The van der Waals surface area contributed by atoms with Crippen molar-refractivity contribution in [3.63, 3.8) is 0 Å². The number of ether oxygens (including phenoxy) is 2. The lowest BCUT2D eigenvalue weighted by Crippen LogP contribution is -2.38. The molecule has 2 N–H and O–H groups in total. The van der Waals surface area contributed by atoms with Crippen LogP contribution in [0.25, 0.3) is 0 Å². The van der Waals surface area contributed by atoms with Crippen molar-refractivity contribution in [3.05, 3.63) is 29.6 Å². The Morgan fingerprint density at radius 1 is 1.40 bits per heavy atom. The fourth-order valence-corrected chi connectivity index (χ4v) is 1.50. The Balaban J connectivity index is 3.15. The van der Waals surface area contributed by atoms with Crippen LogP contribution in [0.5, 0.6) is 5.75 Å². The molecule has 1 rings (SSSR count). The number of halogens is 1. The van der Waals surface area contributed by atoms with Crippen LogP contribution >= 0.6 is 0 Å². The zero-order chi connectivity index (χ0) is 11.5. The maximum atomic E-state index is 13.1. The molecule has 1 aromatic rings. The minimum atomic E-state index is -0.762. The van der Waals surface area contributed by atoms with Crippen molar-refractivity contribution in [1.29, 1.82) is 0 Å². The molecule has 3 nitrogen and oxygen atoms in total. The molecule has 0 heterocycles. The van der Waals surface area contributed by atoms with Gasteiger partial charge in [-0.05, 0) is 25.1 Å². The average Bonchev–Trinajstić information content (AvgIpc) is 2.17. The predicted octanol–water partition coefficient (Wildman–Crippen LogP) is 1.65. The van der Waals surface area contributed by atoms with Gasteiger partial charge in [-0.25, -0.2) is 4.39 Å². The third-order valence-corrected chi connectivity index (χ3v) is 2.22. The lowest BCUT2D eigenvalue weighted by atomic mass is 9.93. The summed E-state index contributed by atoms with van der Waals surface area (Å²) < 4.78 is 23.2. The minimum Gasteiger partial charge on any atom is -0.496 e. The first kappa shape index (κ1) is 11.9. The fraction of sp³-hybridized carbons (Fsp3) is 0.455. The summed E-state index contributed by atoms with van der Waals surface area (Å²) in [5.41, 5.74) is 5.86. The molecule has 0 spiro atoms. The lowest BCUT2D eigenvalue weighted by Gasteiger charge is -2.26. The van der Waals surface area contributed by atoms with Crippen molar-refractivity contribution in [2.24, 2.45) is 5.73 Å². The summed E-state index contributed by atoms with van der Waals surface area (Å²) in [7, 11) is 3.08. The molecule has 0 saturated heterocycles. The van der Waals surface area contributed by atoms with Crippen molar-refractivity contribution in [3.8, 4) is 5.75 Å². The number of hydrogen-bond acceptors (Lipinski definition) is 3. The molecule has 0 aliphatic carbocycles. The smallest absolute Gasteiger partial charge is 0.124 e. The van der Waals surface area contributed by atoms with Crippen LogP contribution in [0.4, 0.5) is 4.39 Å². The van der Waals surface area contributed by atoms with E-state index in [1.807, 2.05) is 0 Å². The predicted molar refractivity (Wildman–Crippen MR) is 56.4 cm³/mol. The van der Waals surface area contributed by atoms with Crippen LogP contribution in [0.1, 0.15) is 12.5 Å². The summed E-state index contributed by atoms with van der Waals surface area (Å²) >= 11 is 0. The van der Waals surface area contributed by atoms with Gasteiger partial charge in [0, 0.05) is 12.7 Å². The highest BCUT2D eigenvalue weighted by molar-refractivity contribution is 5.39. The molecular weight excluding hydrogens is 197 g/mol. The Hall–Kier alpha value is -1.13. The number of benzene rings is 1. The van der Waals surface area contributed by atoms with E-state index in [0.29, 0.717) is 17.9 Å². The molecule has 1 aromatic carbocycles. The third-order valence-electron chi connectivity index (χ3n) is 2.22. The topological polar surface area (TPSA) is 44.5 Å². The van der Waals surface area contributed by atoms with Crippen LogP contribution in [0.2, 0.25) is 0 Å². The molecule has 1 atom stereocenters. The second-order valence-corrected chi connectivity index (χ2v) is 3.70. The molecule has 0 saturated carbocycles. The van der Waals surface area contributed by atoms with E-state index in [0.717, 1.165) is 0 Å². The second kappa shape index (κ2) is 4.59. The monoisotopic (exact) mass is 213 g/mol. The third kappa shape index (κ3) is 2.67.